The van der Waals surface area contributed by atoms with Gasteiger partial charge in [-0.05, 0) is 35.7 Å². The molecular formula is C20H16F6N2O. The lowest BCUT2D eigenvalue weighted by molar-refractivity contribution is -0.142. The number of pyridine rings is 1. The summed E-state index contributed by atoms with van der Waals surface area (Å²) in [6, 6.07) is 7.16. The van der Waals surface area contributed by atoms with Gasteiger partial charge in [-0.25, -0.2) is 4.98 Å². The van der Waals surface area contributed by atoms with Gasteiger partial charge in [0.25, 0.3) is 0 Å². The molecular weight excluding hydrogens is 398 g/mol. The van der Waals surface area contributed by atoms with Crippen LogP contribution in [-0.4, -0.2) is 15.3 Å². The molecule has 0 saturated heterocycles. The lowest BCUT2D eigenvalue weighted by Gasteiger charge is -2.20. The second-order valence-electron chi connectivity index (χ2n) is 6.80. The topological polar surface area (TPSA) is 34.9 Å². The van der Waals surface area contributed by atoms with Gasteiger partial charge in [-0.2, -0.15) is 26.3 Å². The van der Waals surface area contributed by atoms with Gasteiger partial charge in [0.1, 0.15) is 5.69 Å². The van der Waals surface area contributed by atoms with Crippen LogP contribution in [0.25, 0.3) is 10.9 Å². The summed E-state index contributed by atoms with van der Waals surface area (Å²) in [6.07, 6.45) is -8.15. The van der Waals surface area contributed by atoms with Gasteiger partial charge in [-0.15, -0.1) is 0 Å². The maximum absolute atomic E-state index is 13.4. The Balaban J connectivity index is 2.20. The average molecular weight is 414 g/mol. The summed E-state index contributed by atoms with van der Waals surface area (Å²) >= 11 is 0. The van der Waals surface area contributed by atoms with Crippen molar-refractivity contribution in [1.29, 1.82) is 0 Å². The van der Waals surface area contributed by atoms with Crippen LogP contribution < -0.4 is 0 Å². The number of nitrogens with zero attached hydrogens (tertiary/aromatic N) is 2. The maximum atomic E-state index is 13.4. The standard InChI is InChI=1S/C20H16F6N2O/c1-11(10-28-8-4-7-16(28)12(2)29)14-9-17(20(24,25)26)27-18-13(14)5-3-6-15(18)19(21,22)23/h3-9,11H,10H2,1-2H3. The fourth-order valence-corrected chi connectivity index (χ4v) is 3.34. The molecule has 2 heterocycles. The van der Waals surface area contributed by atoms with Crippen molar-refractivity contribution in [3.63, 3.8) is 0 Å². The number of Topliss-reactive ketones (excluding diaryl/α,β-unsaturated/α-hetero) is 1. The summed E-state index contributed by atoms with van der Waals surface area (Å²) in [5.74, 6) is -0.840. The van der Waals surface area contributed by atoms with Crippen molar-refractivity contribution < 1.29 is 31.1 Å². The van der Waals surface area contributed by atoms with Gasteiger partial charge in [0.05, 0.1) is 16.8 Å². The number of aromatic nitrogens is 2. The molecule has 0 saturated carbocycles. The number of carbonyl (C=O) groups is 1. The number of halogens is 6. The molecule has 2 aromatic heterocycles. The Labute approximate surface area is 162 Å². The molecule has 0 aliphatic rings. The Morgan fingerprint density at radius 3 is 2.34 bits per heavy atom. The van der Waals surface area contributed by atoms with E-state index in [4.69, 9.17) is 0 Å². The monoisotopic (exact) mass is 414 g/mol. The minimum Gasteiger partial charge on any atom is -0.345 e. The van der Waals surface area contributed by atoms with Crippen molar-refractivity contribution in [3.05, 3.63) is 65.1 Å². The van der Waals surface area contributed by atoms with Gasteiger partial charge < -0.3 is 4.57 Å². The van der Waals surface area contributed by atoms with Crippen LogP contribution in [0.15, 0.2) is 42.6 Å². The van der Waals surface area contributed by atoms with E-state index in [9.17, 15) is 31.1 Å². The molecule has 3 rings (SSSR count). The molecule has 3 aromatic rings. The normalized spacial score (nSPS) is 13.7. The molecule has 1 aromatic carbocycles. The van der Waals surface area contributed by atoms with E-state index in [1.54, 1.807) is 29.8 Å². The first kappa shape index (κ1) is 20.9. The Hall–Kier alpha value is -2.84. The second kappa shape index (κ2) is 7.20. The number of rotatable bonds is 4. The average Bonchev–Trinajstić information content (AvgIpc) is 3.06. The molecule has 3 nitrogen and oxygen atoms in total. The van der Waals surface area contributed by atoms with Crippen molar-refractivity contribution in [1.82, 2.24) is 9.55 Å². The third kappa shape index (κ3) is 4.13. The molecule has 0 aliphatic carbocycles. The first-order valence-electron chi connectivity index (χ1n) is 8.63. The van der Waals surface area contributed by atoms with Crippen molar-refractivity contribution in [2.75, 3.05) is 0 Å². The summed E-state index contributed by atoms with van der Waals surface area (Å²) in [5, 5.41) is -0.00291. The molecule has 0 aliphatic heterocycles. The van der Waals surface area contributed by atoms with Crippen LogP contribution in [-0.2, 0) is 18.9 Å². The van der Waals surface area contributed by atoms with Gasteiger partial charge >= 0.3 is 12.4 Å². The van der Waals surface area contributed by atoms with E-state index in [1.807, 2.05) is 0 Å². The second-order valence-corrected chi connectivity index (χ2v) is 6.80. The lowest BCUT2D eigenvalue weighted by Crippen LogP contribution is -2.15. The SMILES string of the molecule is CC(=O)c1cccn1CC(C)c1cc(C(F)(F)F)nc2c(C(F)(F)F)cccc12. The lowest BCUT2D eigenvalue weighted by atomic mass is 9.94. The molecule has 1 atom stereocenters. The third-order valence-electron chi connectivity index (χ3n) is 4.66. The van der Waals surface area contributed by atoms with Crippen molar-refractivity contribution in [2.24, 2.45) is 0 Å². The number of ketones is 1. The molecule has 154 valence electrons. The largest absolute Gasteiger partial charge is 0.433 e. The fourth-order valence-electron chi connectivity index (χ4n) is 3.34. The number of carbonyl (C=O) groups excluding carboxylic acids is 1. The zero-order valence-electron chi connectivity index (χ0n) is 15.4. The summed E-state index contributed by atoms with van der Waals surface area (Å²) in [7, 11) is 0. The number of hydrogen-bond acceptors (Lipinski definition) is 2. The van der Waals surface area contributed by atoms with Crippen LogP contribution in [0.4, 0.5) is 26.3 Å². The van der Waals surface area contributed by atoms with Crippen LogP contribution in [0, 0.1) is 0 Å². The number of fused-ring (bicyclic) bond motifs is 1. The predicted octanol–water partition coefficient (Wildman–Crippen LogP) is 6.08. The quantitative estimate of drug-likeness (QED) is 0.383. The van der Waals surface area contributed by atoms with E-state index in [-0.39, 0.29) is 23.3 Å². The zero-order chi connectivity index (χ0) is 21.6. The van der Waals surface area contributed by atoms with E-state index < -0.39 is 35.0 Å². The summed E-state index contributed by atoms with van der Waals surface area (Å²) in [4.78, 5) is 15.0. The summed E-state index contributed by atoms with van der Waals surface area (Å²) < 4.78 is 81.7. The highest BCUT2D eigenvalue weighted by molar-refractivity contribution is 5.92. The highest BCUT2D eigenvalue weighted by Gasteiger charge is 2.37. The van der Waals surface area contributed by atoms with Crippen LogP contribution >= 0.6 is 0 Å². The fraction of sp³-hybridized carbons (Fsp3) is 0.300. The number of hydrogen-bond donors (Lipinski definition) is 0. The molecule has 0 radical (unpaired) electrons. The Morgan fingerprint density at radius 1 is 1.07 bits per heavy atom. The van der Waals surface area contributed by atoms with E-state index >= 15 is 0 Å². The highest BCUT2D eigenvalue weighted by atomic mass is 19.4. The Bertz CT molecular complexity index is 1060. The molecule has 0 fully saturated rings. The molecule has 0 N–H and O–H groups in total. The van der Waals surface area contributed by atoms with Crippen molar-refractivity contribution in [2.45, 2.75) is 38.7 Å². The van der Waals surface area contributed by atoms with Gasteiger partial charge in [0.2, 0.25) is 0 Å². The Morgan fingerprint density at radius 2 is 1.76 bits per heavy atom. The van der Waals surface area contributed by atoms with Crippen molar-refractivity contribution >= 4 is 16.7 Å². The van der Waals surface area contributed by atoms with E-state index in [0.717, 1.165) is 12.1 Å². The smallest absolute Gasteiger partial charge is 0.345 e. The zero-order valence-corrected chi connectivity index (χ0v) is 15.4. The maximum Gasteiger partial charge on any atom is 0.433 e. The van der Waals surface area contributed by atoms with Gasteiger partial charge in [0.15, 0.2) is 5.78 Å². The van der Waals surface area contributed by atoms with Gasteiger partial charge in [-0.1, -0.05) is 19.1 Å². The first-order chi connectivity index (χ1) is 13.4. The number of benzene rings is 1. The van der Waals surface area contributed by atoms with Crippen molar-refractivity contribution in [3.8, 4) is 0 Å². The number of alkyl halides is 6. The molecule has 1 unspecified atom stereocenters. The van der Waals surface area contributed by atoms with Crippen LogP contribution in [0.3, 0.4) is 0 Å². The minimum atomic E-state index is -4.90. The predicted molar refractivity (Wildman–Crippen MR) is 94.6 cm³/mol. The molecule has 0 spiro atoms. The van der Waals surface area contributed by atoms with Gasteiger partial charge in [0, 0.05) is 25.1 Å². The molecule has 0 amide bonds. The molecule has 0 bridgehead atoms. The van der Waals surface area contributed by atoms with E-state index in [0.29, 0.717) is 11.8 Å². The van der Waals surface area contributed by atoms with Crippen LogP contribution in [0.5, 0.6) is 0 Å². The third-order valence-corrected chi connectivity index (χ3v) is 4.66. The first-order valence-corrected chi connectivity index (χ1v) is 8.63. The van der Waals surface area contributed by atoms with E-state index in [2.05, 4.69) is 4.98 Å². The highest BCUT2D eigenvalue weighted by Crippen LogP contribution is 2.39. The number of para-hydroxylation sites is 1. The van der Waals surface area contributed by atoms with Crippen LogP contribution in [0.1, 0.15) is 47.1 Å². The molecule has 9 heteroatoms. The summed E-state index contributed by atoms with van der Waals surface area (Å²) in [5.41, 5.74) is -2.90. The van der Waals surface area contributed by atoms with Gasteiger partial charge in [-0.3, -0.25) is 4.79 Å². The minimum absolute atomic E-state index is 0.00291. The molecule has 29 heavy (non-hydrogen) atoms. The van der Waals surface area contributed by atoms with E-state index in [1.165, 1.54) is 13.0 Å². The Kier molecular flexibility index (Phi) is 5.19. The van der Waals surface area contributed by atoms with Crippen LogP contribution in [0.2, 0.25) is 0 Å². The summed E-state index contributed by atoms with van der Waals surface area (Å²) in [6.45, 7) is 3.07.